The van der Waals surface area contributed by atoms with E-state index < -0.39 is 33.8 Å². The van der Waals surface area contributed by atoms with E-state index in [1.807, 2.05) is 0 Å². The number of hydrogen-bond donors (Lipinski definition) is 3. The Morgan fingerprint density at radius 2 is 1.55 bits per heavy atom. The standard InChI is InChI=1S/C21H13F3O3S2/c22-21(23,24)15-3-1-2-14-18(15)29-19(27)20(14,11-4-7-13(28)8-5-11)12-6-9-16(25)17(26)10-12/h1-10,25-26,28H. The van der Waals surface area contributed by atoms with Gasteiger partial charge in [-0.05, 0) is 58.8 Å². The lowest BCUT2D eigenvalue weighted by Crippen LogP contribution is -2.33. The molecule has 4 rings (SSSR count). The fraction of sp³-hybridized carbons (Fsp3) is 0.0952. The molecule has 1 unspecified atom stereocenters. The van der Waals surface area contributed by atoms with Crippen LogP contribution in [0.25, 0.3) is 0 Å². The van der Waals surface area contributed by atoms with E-state index in [0.717, 1.165) is 6.07 Å². The predicted molar refractivity (Wildman–Crippen MR) is 106 cm³/mol. The zero-order chi connectivity index (χ0) is 21.0. The number of phenols is 2. The number of thioether (sulfide) groups is 1. The van der Waals surface area contributed by atoms with Crippen molar-refractivity contribution in [1.82, 2.24) is 0 Å². The zero-order valence-electron chi connectivity index (χ0n) is 14.6. The molecule has 0 bridgehead atoms. The van der Waals surface area contributed by atoms with Crippen LogP contribution < -0.4 is 0 Å². The fourth-order valence-corrected chi connectivity index (χ4v) is 5.08. The first kappa shape index (κ1) is 19.7. The van der Waals surface area contributed by atoms with Crippen molar-refractivity contribution in [3.63, 3.8) is 0 Å². The molecule has 3 aromatic rings. The summed E-state index contributed by atoms with van der Waals surface area (Å²) in [5.41, 5.74) is -1.58. The van der Waals surface area contributed by atoms with Crippen LogP contribution in [0.2, 0.25) is 0 Å². The predicted octanol–water partition coefficient (Wildman–Crippen LogP) is 5.37. The molecule has 0 saturated heterocycles. The summed E-state index contributed by atoms with van der Waals surface area (Å²) < 4.78 is 40.8. The summed E-state index contributed by atoms with van der Waals surface area (Å²) in [7, 11) is 0. The second-order valence-electron chi connectivity index (χ2n) is 6.57. The van der Waals surface area contributed by atoms with Crippen LogP contribution in [0.1, 0.15) is 22.3 Å². The first-order chi connectivity index (χ1) is 13.7. The van der Waals surface area contributed by atoms with Crippen LogP contribution in [0.5, 0.6) is 11.5 Å². The smallest absolute Gasteiger partial charge is 0.417 e. The maximum atomic E-state index is 13.6. The third-order valence-corrected chi connectivity index (χ3v) is 6.37. The topological polar surface area (TPSA) is 57.5 Å². The highest BCUT2D eigenvalue weighted by Gasteiger charge is 2.53. The summed E-state index contributed by atoms with van der Waals surface area (Å²) in [6, 6.07) is 14.1. The summed E-state index contributed by atoms with van der Waals surface area (Å²) in [5, 5.41) is 19.2. The summed E-state index contributed by atoms with van der Waals surface area (Å²) in [5.74, 6) is -0.858. The van der Waals surface area contributed by atoms with E-state index in [-0.39, 0.29) is 16.0 Å². The number of alkyl halides is 3. The van der Waals surface area contributed by atoms with Crippen LogP contribution in [0, 0.1) is 0 Å². The second-order valence-corrected chi connectivity index (χ2v) is 8.07. The first-order valence-electron chi connectivity index (χ1n) is 8.40. The molecule has 2 N–H and O–H groups in total. The Morgan fingerprint density at radius 1 is 0.897 bits per heavy atom. The van der Waals surface area contributed by atoms with E-state index in [9.17, 15) is 28.2 Å². The quantitative estimate of drug-likeness (QED) is 0.375. The van der Waals surface area contributed by atoms with E-state index in [0.29, 0.717) is 22.2 Å². The fourth-order valence-electron chi connectivity index (χ4n) is 3.63. The zero-order valence-corrected chi connectivity index (χ0v) is 16.3. The number of phenolic OH excluding ortho intramolecular Hbond substituents is 2. The minimum Gasteiger partial charge on any atom is -0.504 e. The monoisotopic (exact) mass is 434 g/mol. The van der Waals surface area contributed by atoms with Gasteiger partial charge in [0.25, 0.3) is 0 Å². The average molecular weight is 434 g/mol. The molecular formula is C21H13F3O3S2. The number of carbonyl (C=O) groups excluding carboxylic acids is 1. The number of hydrogen-bond acceptors (Lipinski definition) is 5. The molecule has 0 amide bonds. The van der Waals surface area contributed by atoms with E-state index >= 15 is 0 Å². The maximum Gasteiger partial charge on any atom is 0.417 e. The van der Waals surface area contributed by atoms with Crippen LogP contribution in [0.4, 0.5) is 13.2 Å². The van der Waals surface area contributed by atoms with Gasteiger partial charge in [-0.15, -0.1) is 12.6 Å². The number of thiol groups is 1. The number of carbonyl (C=O) groups is 1. The van der Waals surface area contributed by atoms with Crippen molar-refractivity contribution >= 4 is 29.5 Å². The van der Waals surface area contributed by atoms with Gasteiger partial charge >= 0.3 is 6.18 Å². The Labute approximate surface area is 173 Å². The lowest BCUT2D eigenvalue weighted by molar-refractivity contribution is -0.139. The molecule has 29 heavy (non-hydrogen) atoms. The molecule has 0 fully saturated rings. The normalized spacial score (nSPS) is 18.7. The Morgan fingerprint density at radius 3 is 2.17 bits per heavy atom. The van der Waals surface area contributed by atoms with Gasteiger partial charge < -0.3 is 10.2 Å². The molecule has 8 heteroatoms. The van der Waals surface area contributed by atoms with Crippen molar-refractivity contribution in [3.05, 3.63) is 82.9 Å². The highest BCUT2D eigenvalue weighted by Crippen LogP contribution is 2.56. The molecule has 3 aromatic carbocycles. The summed E-state index contributed by atoms with van der Waals surface area (Å²) in [6.07, 6.45) is -4.62. The van der Waals surface area contributed by atoms with Crippen LogP contribution in [-0.4, -0.2) is 15.3 Å². The Kier molecular flexibility index (Phi) is 4.59. The van der Waals surface area contributed by atoms with Gasteiger partial charge in [-0.1, -0.05) is 30.3 Å². The van der Waals surface area contributed by atoms with Crippen molar-refractivity contribution in [2.45, 2.75) is 21.4 Å². The van der Waals surface area contributed by atoms with Gasteiger partial charge in [-0.3, -0.25) is 4.79 Å². The van der Waals surface area contributed by atoms with Gasteiger partial charge in [0.05, 0.1) is 5.56 Å². The SMILES string of the molecule is O=C1Sc2c(C(F)(F)F)cccc2C1(c1ccc(S)cc1)c1ccc(O)c(O)c1. The van der Waals surface area contributed by atoms with Crippen molar-refractivity contribution in [2.75, 3.05) is 0 Å². The second kappa shape index (κ2) is 6.74. The Bertz CT molecular complexity index is 1130. The molecule has 1 heterocycles. The molecule has 1 atom stereocenters. The molecule has 148 valence electrons. The largest absolute Gasteiger partial charge is 0.504 e. The van der Waals surface area contributed by atoms with E-state index in [4.69, 9.17) is 0 Å². The first-order valence-corrected chi connectivity index (χ1v) is 9.67. The number of halogens is 3. The molecule has 0 aromatic heterocycles. The minimum atomic E-state index is -4.62. The highest BCUT2D eigenvalue weighted by atomic mass is 32.2. The number of benzene rings is 3. The molecule has 1 aliphatic heterocycles. The van der Waals surface area contributed by atoms with Gasteiger partial charge in [0.2, 0.25) is 5.12 Å². The summed E-state index contributed by atoms with van der Waals surface area (Å²) in [6.45, 7) is 0. The molecule has 0 spiro atoms. The van der Waals surface area contributed by atoms with Crippen LogP contribution in [0.15, 0.2) is 70.5 Å². The summed E-state index contributed by atoms with van der Waals surface area (Å²) >= 11 is 4.77. The molecule has 0 aliphatic carbocycles. The molecule has 0 radical (unpaired) electrons. The summed E-state index contributed by atoms with van der Waals surface area (Å²) in [4.78, 5) is 13.8. The van der Waals surface area contributed by atoms with E-state index in [1.165, 1.54) is 30.3 Å². The average Bonchev–Trinajstić information content (AvgIpc) is 2.96. The van der Waals surface area contributed by atoms with Gasteiger partial charge in [0.15, 0.2) is 11.5 Å². The van der Waals surface area contributed by atoms with Crippen molar-refractivity contribution < 1.29 is 28.2 Å². The Hall–Kier alpha value is -2.58. The lowest BCUT2D eigenvalue weighted by atomic mass is 9.70. The minimum absolute atomic E-state index is 0.160. The van der Waals surface area contributed by atoms with Crippen LogP contribution >= 0.6 is 24.4 Å². The number of fused-ring (bicyclic) bond motifs is 1. The maximum absolute atomic E-state index is 13.6. The van der Waals surface area contributed by atoms with Crippen LogP contribution in [-0.2, 0) is 16.4 Å². The Balaban J connectivity index is 2.10. The molecular weight excluding hydrogens is 421 g/mol. The molecule has 1 aliphatic rings. The van der Waals surface area contributed by atoms with Gasteiger partial charge in [0.1, 0.15) is 5.41 Å². The highest BCUT2D eigenvalue weighted by molar-refractivity contribution is 8.14. The van der Waals surface area contributed by atoms with E-state index in [2.05, 4.69) is 12.6 Å². The molecule has 3 nitrogen and oxygen atoms in total. The van der Waals surface area contributed by atoms with E-state index in [1.54, 1.807) is 24.3 Å². The van der Waals surface area contributed by atoms with Crippen LogP contribution in [0.3, 0.4) is 0 Å². The van der Waals surface area contributed by atoms with Gasteiger partial charge in [-0.2, -0.15) is 13.2 Å². The van der Waals surface area contributed by atoms with Gasteiger partial charge in [0, 0.05) is 9.79 Å². The lowest BCUT2D eigenvalue weighted by Gasteiger charge is -2.30. The van der Waals surface area contributed by atoms with Crippen molar-refractivity contribution in [2.24, 2.45) is 0 Å². The van der Waals surface area contributed by atoms with Crippen molar-refractivity contribution in [1.29, 1.82) is 0 Å². The third-order valence-electron chi connectivity index (χ3n) is 4.93. The third kappa shape index (κ3) is 2.98. The number of rotatable bonds is 2. The number of aromatic hydroxyl groups is 2. The van der Waals surface area contributed by atoms with Crippen molar-refractivity contribution in [3.8, 4) is 11.5 Å². The molecule has 0 saturated carbocycles. The van der Waals surface area contributed by atoms with Gasteiger partial charge in [-0.25, -0.2) is 0 Å².